The Morgan fingerprint density at radius 2 is 1.64 bits per heavy atom. The van der Waals surface area contributed by atoms with Crippen molar-refractivity contribution in [1.82, 2.24) is 0 Å². The number of benzene rings is 2. The molecule has 6 heteroatoms. The first-order chi connectivity index (χ1) is 15.7. The van der Waals surface area contributed by atoms with E-state index in [9.17, 15) is 13.9 Å². The predicted octanol–water partition coefficient (Wildman–Crippen LogP) is 6.13. The summed E-state index contributed by atoms with van der Waals surface area (Å²) in [5, 5.41) is 9.86. The average molecular weight is 460 g/mol. The van der Waals surface area contributed by atoms with Crippen molar-refractivity contribution in [3.8, 4) is 5.75 Å². The molecule has 0 radical (unpaired) electrons. The molecular formula is C27H35F2NO3. The molecule has 0 bridgehead atoms. The van der Waals surface area contributed by atoms with Crippen molar-refractivity contribution in [3.63, 3.8) is 0 Å². The second kappa shape index (κ2) is 9.59. The Morgan fingerprint density at radius 1 is 1.00 bits per heavy atom. The van der Waals surface area contributed by atoms with Gasteiger partial charge in [0.05, 0.1) is 0 Å². The molecule has 0 saturated carbocycles. The van der Waals surface area contributed by atoms with Crippen LogP contribution in [-0.2, 0) is 15.4 Å². The van der Waals surface area contributed by atoms with Crippen molar-refractivity contribution in [2.24, 2.45) is 17.8 Å². The first kappa shape index (κ1) is 24.0. The van der Waals surface area contributed by atoms with Crippen LogP contribution < -0.4 is 4.90 Å². The summed E-state index contributed by atoms with van der Waals surface area (Å²) < 4.78 is 40.8. The molecule has 4 rings (SSSR count). The molecule has 180 valence electrons. The number of hydrogen-bond donors (Lipinski definition) is 1. The van der Waals surface area contributed by atoms with E-state index in [1.807, 2.05) is 13.8 Å². The molecule has 1 aliphatic carbocycles. The van der Waals surface area contributed by atoms with Crippen molar-refractivity contribution < 1.29 is 23.4 Å². The lowest BCUT2D eigenvalue weighted by molar-refractivity contribution is -0.141. The summed E-state index contributed by atoms with van der Waals surface area (Å²) >= 11 is 0. The third-order valence-electron chi connectivity index (χ3n) is 7.55. The molecule has 2 aromatic rings. The minimum atomic E-state index is -2.94. The van der Waals surface area contributed by atoms with E-state index in [1.165, 1.54) is 12.1 Å². The van der Waals surface area contributed by atoms with Crippen LogP contribution in [0.1, 0.15) is 55.7 Å². The maximum Gasteiger partial charge on any atom is 0.274 e. The number of phenols is 1. The van der Waals surface area contributed by atoms with Gasteiger partial charge in [-0.25, -0.2) is 8.78 Å². The molecule has 1 aliphatic heterocycles. The van der Waals surface area contributed by atoms with Crippen LogP contribution in [-0.4, -0.2) is 38.7 Å². The van der Waals surface area contributed by atoms with Crippen LogP contribution in [0.25, 0.3) is 0 Å². The zero-order chi connectivity index (χ0) is 23.8. The van der Waals surface area contributed by atoms with Gasteiger partial charge in [-0.2, -0.15) is 0 Å². The number of anilines is 1. The summed E-state index contributed by atoms with van der Waals surface area (Å²) in [6, 6.07) is 12.9. The van der Waals surface area contributed by atoms with Gasteiger partial charge in [-0.1, -0.05) is 32.0 Å². The molecule has 2 aromatic carbocycles. The number of piperidine rings is 1. The van der Waals surface area contributed by atoms with Crippen molar-refractivity contribution in [2.75, 3.05) is 32.2 Å². The molecule has 2 atom stereocenters. The molecular weight excluding hydrogens is 424 g/mol. The van der Waals surface area contributed by atoms with E-state index >= 15 is 0 Å². The van der Waals surface area contributed by atoms with Gasteiger partial charge in [0.15, 0.2) is 6.29 Å². The Labute approximate surface area is 195 Å². The number of nitrogens with zero attached hydrogens (tertiary/aromatic N) is 1. The maximum absolute atomic E-state index is 15.0. The Hall–Kier alpha value is -2.18. The Bertz CT molecular complexity index is 935. The minimum absolute atomic E-state index is 0.0404. The standard InChI is InChI=1S/C27H35F2NO3/c1-17(2)23-16-27(28,29)24-15-21(31)9-10-22(24)25(23)18-5-7-20(8-6-18)30-13-11-19(12-14-30)26(32-3)33-4/h5-10,15,17,19,23,25-26,31H,11-14,16H2,1-4H3/t23-,25-/m0/s1. The predicted molar refractivity (Wildman–Crippen MR) is 126 cm³/mol. The maximum atomic E-state index is 15.0. The lowest BCUT2D eigenvalue weighted by Crippen LogP contribution is -2.39. The van der Waals surface area contributed by atoms with E-state index in [0.717, 1.165) is 37.2 Å². The van der Waals surface area contributed by atoms with Gasteiger partial charge in [0.25, 0.3) is 5.92 Å². The Kier molecular flexibility index (Phi) is 6.96. The highest BCUT2D eigenvalue weighted by atomic mass is 19.3. The molecule has 1 saturated heterocycles. The molecule has 1 N–H and O–H groups in total. The third-order valence-corrected chi connectivity index (χ3v) is 7.55. The van der Waals surface area contributed by atoms with Gasteiger partial charge < -0.3 is 19.5 Å². The van der Waals surface area contributed by atoms with Crippen molar-refractivity contribution in [3.05, 3.63) is 59.2 Å². The van der Waals surface area contributed by atoms with Crippen LogP contribution in [0.2, 0.25) is 0 Å². The number of alkyl halides is 2. The van der Waals surface area contributed by atoms with E-state index in [2.05, 4.69) is 29.2 Å². The highest BCUT2D eigenvalue weighted by Gasteiger charge is 2.47. The lowest BCUT2D eigenvalue weighted by Gasteiger charge is -2.40. The second-order valence-corrected chi connectivity index (χ2v) is 9.82. The summed E-state index contributed by atoms with van der Waals surface area (Å²) in [5.41, 5.74) is 2.79. The first-order valence-electron chi connectivity index (χ1n) is 11.9. The quantitative estimate of drug-likeness (QED) is 0.528. The van der Waals surface area contributed by atoms with Crippen LogP contribution in [0.5, 0.6) is 5.75 Å². The summed E-state index contributed by atoms with van der Waals surface area (Å²) in [6.45, 7) is 5.90. The number of halogens is 2. The van der Waals surface area contributed by atoms with E-state index < -0.39 is 5.92 Å². The molecule has 1 fully saturated rings. The van der Waals surface area contributed by atoms with Gasteiger partial charge in [0.1, 0.15) is 5.75 Å². The number of fused-ring (bicyclic) bond motifs is 1. The zero-order valence-corrected chi connectivity index (χ0v) is 19.9. The van der Waals surface area contributed by atoms with Gasteiger partial charge >= 0.3 is 0 Å². The fourth-order valence-electron chi connectivity index (χ4n) is 5.74. The summed E-state index contributed by atoms with van der Waals surface area (Å²) in [7, 11) is 3.37. The highest BCUT2D eigenvalue weighted by molar-refractivity contribution is 5.52. The van der Waals surface area contributed by atoms with Crippen LogP contribution in [0.15, 0.2) is 42.5 Å². The Morgan fingerprint density at radius 3 is 2.21 bits per heavy atom. The third kappa shape index (κ3) is 4.73. The van der Waals surface area contributed by atoms with Crippen LogP contribution in [0.4, 0.5) is 14.5 Å². The SMILES string of the molecule is COC(OC)C1CCN(c2ccc([C@H]3c4ccc(O)cc4C(F)(F)C[C@H]3C(C)C)cc2)CC1. The zero-order valence-electron chi connectivity index (χ0n) is 19.9. The number of aromatic hydroxyl groups is 1. The summed E-state index contributed by atoms with van der Waals surface area (Å²) in [5.74, 6) is -2.86. The normalized spacial score (nSPS) is 23.2. The number of rotatable bonds is 6. The van der Waals surface area contributed by atoms with Crippen molar-refractivity contribution >= 4 is 5.69 Å². The average Bonchev–Trinajstić information content (AvgIpc) is 2.80. The molecule has 0 spiro atoms. The van der Waals surface area contributed by atoms with Crippen molar-refractivity contribution in [2.45, 2.75) is 51.2 Å². The number of phenolic OH excluding ortho intramolecular Hbond substituents is 1. The molecule has 0 unspecified atom stereocenters. The topological polar surface area (TPSA) is 41.9 Å². The smallest absolute Gasteiger partial charge is 0.274 e. The van der Waals surface area contributed by atoms with Crippen molar-refractivity contribution in [1.29, 1.82) is 0 Å². The highest BCUT2D eigenvalue weighted by Crippen LogP contribution is 2.53. The van der Waals surface area contributed by atoms with E-state index in [1.54, 1.807) is 20.3 Å². The van der Waals surface area contributed by atoms with Gasteiger partial charge in [-0.3, -0.25) is 0 Å². The largest absolute Gasteiger partial charge is 0.508 e. The molecule has 1 heterocycles. The van der Waals surface area contributed by atoms with E-state index in [-0.39, 0.29) is 41.8 Å². The molecule has 33 heavy (non-hydrogen) atoms. The molecule has 4 nitrogen and oxygen atoms in total. The second-order valence-electron chi connectivity index (χ2n) is 9.82. The monoisotopic (exact) mass is 459 g/mol. The van der Waals surface area contributed by atoms with Crippen LogP contribution >= 0.6 is 0 Å². The fraction of sp³-hybridized carbons (Fsp3) is 0.556. The fourth-order valence-corrected chi connectivity index (χ4v) is 5.74. The molecule has 0 aromatic heterocycles. The number of hydrogen-bond acceptors (Lipinski definition) is 4. The van der Waals surface area contributed by atoms with E-state index in [4.69, 9.17) is 9.47 Å². The molecule has 2 aliphatic rings. The number of ether oxygens (including phenoxy) is 2. The number of methoxy groups -OCH3 is 2. The lowest BCUT2D eigenvalue weighted by atomic mass is 9.66. The molecule has 0 amide bonds. The Balaban J connectivity index is 1.58. The summed E-state index contributed by atoms with van der Waals surface area (Å²) in [6.07, 6.45) is 1.63. The van der Waals surface area contributed by atoms with Crippen LogP contribution in [0, 0.1) is 17.8 Å². The minimum Gasteiger partial charge on any atom is -0.508 e. The first-order valence-corrected chi connectivity index (χ1v) is 11.9. The van der Waals surface area contributed by atoms with Gasteiger partial charge in [0, 0.05) is 56.8 Å². The van der Waals surface area contributed by atoms with Crippen LogP contribution in [0.3, 0.4) is 0 Å². The summed E-state index contributed by atoms with van der Waals surface area (Å²) in [4.78, 5) is 2.36. The van der Waals surface area contributed by atoms with Gasteiger partial charge in [0.2, 0.25) is 0 Å². The van der Waals surface area contributed by atoms with E-state index in [0.29, 0.717) is 11.5 Å². The van der Waals surface area contributed by atoms with Gasteiger partial charge in [-0.05, 0) is 60.1 Å². The van der Waals surface area contributed by atoms with Gasteiger partial charge in [-0.15, -0.1) is 0 Å².